The van der Waals surface area contributed by atoms with Crippen molar-refractivity contribution in [3.8, 4) is 5.75 Å². The van der Waals surface area contributed by atoms with Crippen LogP contribution in [0.4, 0.5) is 5.82 Å². The summed E-state index contributed by atoms with van der Waals surface area (Å²) in [7, 11) is 1.63. The average Bonchev–Trinajstić information content (AvgIpc) is 2.51. The molecule has 0 aliphatic heterocycles. The Morgan fingerprint density at radius 3 is 2.76 bits per heavy atom. The van der Waals surface area contributed by atoms with Gasteiger partial charge in [0.15, 0.2) is 0 Å². The maximum Gasteiger partial charge on any atom is 0.311 e. The van der Waals surface area contributed by atoms with Crippen molar-refractivity contribution in [3.05, 3.63) is 30.5 Å². The number of carbonyl (C=O) groups is 1. The molecule has 112 valence electrons. The normalized spacial score (nSPS) is 13.7. The van der Waals surface area contributed by atoms with Crippen LogP contribution in [0.1, 0.15) is 20.3 Å². The van der Waals surface area contributed by atoms with Crippen molar-refractivity contribution in [2.75, 3.05) is 19.0 Å². The van der Waals surface area contributed by atoms with Crippen LogP contribution in [0.5, 0.6) is 5.75 Å². The van der Waals surface area contributed by atoms with Gasteiger partial charge in [-0.25, -0.2) is 4.98 Å². The first kappa shape index (κ1) is 15.1. The van der Waals surface area contributed by atoms with Crippen molar-refractivity contribution in [1.82, 2.24) is 4.98 Å². The topological polar surface area (TPSA) is 71.5 Å². The van der Waals surface area contributed by atoms with E-state index >= 15 is 0 Å². The van der Waals surface area contributed by atoms with Crippen LogP contribution in [-0.4, -0.2) is 29.7 Å². The molecule has 5 heteroatoms. The van der Waals surface area contributed by atoms with Crippen LogP contribution in [0.15, 0.2) is 30.5 Å². The van der Waals surface area contributed by atoms with Gasteiger partial charge >= 0.3 is 5.97 Å². The van der Waals surface area contributed by atoms with E-state index in [0.717, 1.165) is 16.5 Å². The van der Waals surface area contributed by atoms with E-state index in [1.54, 1.807) is 20.2 Å². The zero-order valence-corrected chi connectivity index (χ0v) is 12.5. The Labute approximate surface area is 124 Å². The number of fused-ring (bicyclic) bond motifs is 1. The smallest absolute Gasteiger partial charge is 0.311 e. The van der Waals surface area contributed by atoms with Crippen molar-refractivity contribution < 1.29 is 14.6 Å². The van der Waals surface area contributed by atoms with E-state index in [4.69, 9.17) is 4.74 Å². The molecule has 0 saturated heterocycles. The molecule has 1 aromatic heterocycles. The molecule has 2 N–H and O–H groups in total. The van der Waals surface area contributed by atoms with Crippen LogP contribution in [0.25, 0.3) is 10.8 Å². The Morgan fingerprint density at radius 2 is 2.14 bits per heavy atom. The number of anilines is 1. The first-order valence-corrected chi connectivity index (χ1v) is 6.91. The van der Waals surface area contributed by atoms with Gasteiger partial charge in [0.2, 0.25) is 0 Å². The van der Waals surface area contributed by atoms with Crippen LogP contribution >= 0.6 is 0 Å². The fourth-order valence-corrected chi connectivity index (χ4v) is 2.13. The van der Waals surface area contributed by atoms with Crippen LogP contribution < -0.4 is 10.1 Å². The molecule has 0 aliphatic rings. The third kappa shape index (κ3) is 2.91. The molecule has 2 rings (SSSR count). The lowest BCUT2D eigenvalue weighted by Crippen LogP contribution is -2.34. The third-order valence-corrected chi connectivity index (χ3v) is 3.93. The van der Waals surface area contributed by atoms with E-state index in [2.05, 4.69) is 10.3 Å². The van der Waals surface area contributed by atoms with Crippen molar-refractivity contribution in [3.63, 3.8) is 0 Å². The molecule has 21 heavy (non-hydrogen) atoms. The number of rotatable bonds is 6. The van der Waals surface area contributed by atoms with Gasteiger partial charge in [0, 0.05) is 23.5 Å². The lowest BCUT2D eigenvalue weighted by Gasteiger charge is -2.24. The van der Waals surface area contributed by atoms with Crippen molar-refractivity contribution in [1.29, 1.82) is 0 Å². The van der Waals surface area contributed by atoms with Crippen LogP contribution in [-0.2, 0) is 4.79 Å². The highest BCUT2D eigenvalue weighted by atomic mass is 16.5. The summed E-state index contributed by atoms with van der Waals surface area (Å²) >= 11 is 0. The SMILES string of the molecule is CCC(C)(CNc1nccc2c(OC)cccc12)C(=O)O. The molecule has 0 amide bonds. The van der Waals surface area contributed by atoms with Crippen LogP contribution in [0.3, 0.4) is 0 Å². The number of aliphatic carboxylic acids is 1. The first-order chi connectivity index (χ1) is 10.0. The predicted octanol–water partition coefficient (Wildman–Crippen LogP) is 3.16. The Kier molecular flexibility index (Phi) is 4.31. The standard InChI is InChI=1S/C16H20N2O3/c1-4-16(2,15(19)20)10-18-14-12-6-5-7-13(21-3)11(12)8-9-17-14/h5-9H,4,10H2,1-3H3,(H,17,18)(H,19,20). The van der Waals surface area contributed by atoms with Gasteiger partial charge in [0.05, 0.1) is 12.5 Å². The number of aromatic nitrogens is 1. The minimum Gasteiger partial charge on any atom is -0.496 e. The molecule has 1 atom stereocenters. The molecule has 0 saturated carbocycles. The molecule has 0 fully saturated rings. The van der Waals surface area contributed by atoms with E-state index in [0.29, 0.717) is 18.8 Å². The highest BCUT2D eigenvalue weighted by Gasteiger charge is 2.31. The lowest BCUT2D eigenvalue weighted by atomic mass is 9.87. The summed E-state index contributed by atoms with van der Waals surface area (Å²) in [6.07, 6.45) is 2.24. The number of nitrogens with zero attached hydrogens (tertiary/aromatic N) is 1. The number of carboxylic acid groups (broad SMARTS) is 1. The number of carboxylic acids is 1. The zero-order valence-electron chi connectivity index (χ0n) is 12.5. The second kappa shape index (κ2) is 5.99. The largest absolute Gasteiger partial charge is 0.496 e. The maximum absolute atomic E-state index is 11.4. The van der Waals surface area contributed by atoms with E-state index in [1.807, 2.05) is 31.2 Å². The monoisotopic (exact) mass is 288 g/mol. The van der Waals surface area contributed by atoms with Gasteiger partial charge in [-0.2, -0.15) is 0 Å². The quantitative estimate of drug-likeness (QED) is 0.854. The van der Waals surface area contributed by atoms with E-state index in [9.17, 15) is 9.90 Å². The fraction of sp³-hybridized carbons (Fsp3) is 0.375. The van der Waals surface area contributed by atoms with E-state index in [-0.39, 0.29) is 0 Å². The van der Waals surface area contributed by atoms with Gasteiger partial charge in [-0.1, -0.05) is 19.1 Å². The van der Waals surface area contributed by atoms with Crippen molar-refractivity contribution in [2.45, 2.75) is 20.3 Å². The molecule has 0 spiro atoms. The van der Waals surface area contributed by atoms with Crippen molar-refractivity contribution >= 4 is 22.6 Å². The molecule has 1 aromatic carbocycles. The maximum atomic E-state index is 11.4. The highest BCUT2D eigenvalue weighted by molar-refractivity contribution is 5.96. The molecule has 0 bridgehead atoms. The Morgan fingerprint density at radius 1 is 1.38 bits per heavy atom. The van der Waals surface area contributed by atoms with E-state index < -0.39 is 11.4 Å². The highest BCUT2D eigenvalue weighted by Crippen LogP contribution is 2.30. The predicted molar refractivity (Wildman–Crippen MR) is 82.8 cm³/mol. The molecule has 1 unspecified atom stereocenters. The number of nitrogens with one attached hydrogen (secondary N) is 1. The van der Waals surface area contributed by atoms with Gasteiger partial charge < -0.3 is 15.2 Å². The summed E-state index contributed by atoms with van der Waals surface area (Å²) in [6, 6.07) is 7.61. The Hall–Kier alpha value is -2.30. The second-order valence-electron chi connectivity index (χ2n) is 5.29. The number of ether oxygens (including phenoxy) is 1. The molecular weight excluding hydrogens is 268 g/mol. The molecular formula is C16H20N2O3. The van der Waals surface area contributed by atoms with Crippen molar-refractivity contribution in [2.24, 2.45) is 5.41 Å². The number of benzene rings is 1. The summed E-state index contributed by atoms with van der Waals surface area (Å²) in [5.41, 5.74) is -0.817. The van der Waals surface area contributed by atoms with Gasteiger partial charge in [-0.05, 0) is 25.5 Å². The Bertz CT molecular complexity index is 657. The summed E-state index contributed by atoms with van der Waals surface area (Å²) in [5, 5.41) is 14.4. The Balaban J connectivity index is 2.33. The molecule has 0 aliphatic carbocycles. The number of hydrogen-bond donors (Lipinski definition) is 2. The lowest BCUT2D eigenvalue weighted by molar-refractivity contribution is -0.147. The zero-order chi connectivity index (χ0) is 15.5. The molecule has 2 aromatic rings. The van der Waals surface area contributed by atoms with Gasteiger partial charge in [0.25, 0.3) is 0 Å². The van der Waals surface area contributed by atoms with Gasteiger partial charge in [0.1, 0.15) is 11.6 Å². The first-order valence-electron chi connectivity index (χ1n) is 6.91. The van der Waals surface area contributed by atoms with E-state index in [1.165, 1.54) is 0 Å². The number of methoxy groups -OCH3 is 1. The molecule has 0 radical (unpaired) electrons. The third-order valence-electron chi connectivity index (χ3n) is 3.93. The summed E-state index contributed by atoms with van der Waals surface area (Å²) in [4.78, 5) is 15.7. The number of hydrogen-bond acceptors (Lipinski definition) is 4. The van der Waals surface area contributed by atoms with Gasteiger partial charge in [-0.15, -0.1) is 0 Å². The average molecular weight is 288 g/mol. The minimum atomic E-state index is -0.817. The fourth-order valence-electron chi connectivity index (χ4n) is 2.13. The molecule has 5 nitrogen and oxygen atoms in total. The summed E-state index contributed by atoms with van der Waals surface area (Å²) in [5.74, 6) is 0.636. The summed E-state index contributed by atoms with van der Waals surface area (Å²) in [6.45, 7) is 3.92. The minimum absolute atomic E-state index is 0.322. The second-order valence-corrected chi connectivity index (χ2v) is 5.29. The summed E-state index contributed by atoms with van der Waals surface area (Å²) < 4.78 is 5.34. The number of pyridine rings is 1. The van der Waals surface area contributed by atoms with Crippen LogP contribution in [0.2, 0.25) is 0 Å². The van der Waals surface area contributed by atoms with Crippen LogP contribution in [0, 0.1) is 5.41 Å². The van der Waals surface area contributed by atoms with Gasteiger partial charge in [-0.3, -0.25) is 4.79 Å². The molecule has 1 heterocycles.